The molecule has 5 nitrogen and oxygen atoms in total. The molecule has 1 saturated heterocycles. The molecule has 1 rings (SSSR count). The minimum Gasteiger partial charge on any atom is -0.465 e. The zero-order valence-electron chi connectivity index (χ0n) is 12.6. The molecular formula is C13H24N2O3S. The van der Waals surface area contributed by atoms with Crippen LogP contribution in [0.3, 0.4) is 0 Å². The van der Waals surface area contributed by atoms with Crippen LogP contribution in [-0.2, 0) is 11.0 Å². The Morgan fingerprint density at radius 3 is 2.11 bits per heavy atom. The molecule has 1 amide bonds. The summed E-state index contributed by atoms with van der Waals surface area (Å²) in [7, 11) is -1.36. The zero-order valence-corrected chi connectivity index (χ0v) is 13.4. The van der Waals surface area contributed by atoms with Crippen LogP contribution in [0.4, 0.5) is 4.79 Å². The van der Waals surface area contributed by atoms with Gasteiger partial charge in [-0.3, -0.25) is 4.90 Å². The van der Waals surface area contributed by atoms with Crippen LogP contribution in [0.5, 0.6) is 0 Å². The lowest BCUT2D eigenvalue weighted by Gasteiger charge is -2.56. The largest absolute Gasteiger partial charge is 0.465 e. The lowest BCUT2D eigenvalue weighted by atomic mass is 9.66. The maximum atomic E-state index is 12.0. The first-order valence-electron chi connectivity index (χ1n) is 6.39. The topological polar surface area (TPSA) is 70.0 Å². The molecule has 19 heavy (non-hydrogen) atoms. The van der Waals surface area contributed by atoms with E-state index in [0.717, 1.165) is 0 Å². The molecule has 0 saturated carbocycles. The Morgan fingerprint density at radius 1 is 1.32 bits per heavy atom. The van der Waals surface area contributed by atoms with E-state index in [2.05, 4.69) is 4.40 Å². The molecule has 0 spiro atoms. The molecule has 1 fully saturated rings. The molecule has 2 atom stereocenters. The third kappa shape index (κ3) is 2.99. The second-order valence-corrected chi connectivity index (χ2v) is 8.89. The van der Waals surface area contributed by atoms with Gasteiger partial charge in [-0.15, -0.1) is 0 Å². The quantitative estimate of drug-likeness (QED) is 0.794. The van der Waals surface area contributed by atoms with Crippen LogP contribution < -0.4 is 0 Å². The summed E-state index contributed by atoms with van der Waals surface area (Å²) in [6.45, 7) is 12.0. The highest BCUT2D eigenvalue weighted by Gasteiger charge is 2.54. The van der Waals surface area contributed by atoms with E-state index in [9.17, 15) is 14.1 Å². The minimum atomic E-state index is -1.36. The smallest absolute Gasteiger partial charge is 0.408 e. The van der Waals surface area contributed by atoms with E-state index >= 15 is 0 Å². The maximum Gasteiger partial charge on any atom is 0.408 e. The molecule has 0 aromatic rings. The number of carbonyl (C=O) groups is 1. The Labute approximate surface area is 117 Å². The maximum absolute atomic E-state index is 12.0. The number of nitrogens with zero attached hydrogens (tertiary/aromatic N) is 2. The summed E-state index contributed by atoms with van der Waals surface area (Å²) in [6, 6.07) is 0. The van der Waals surface area contributed by atoms with Crippen molar-refractivity contribution in [2.24, 2.45) is 9.81 Å². The first-order valence-corrected chi connectivity index (χ1v) is 7.50. The number of hydrogen-bond donors (Lipinski definition) is 1. The molecule has 6 heteroatoms. The second-order valence-electron chi connectivity index (χ2n) is 6.95. The monoisotopic (exact) mass is 288 g/mol. The highest BCUT2D eigenvalue weighted by atomic mass is 32.2. The average molecular weight is 288 g/mol. The summed E-state index contributed by atoms with van der Waals surface area (Å²) in [5.74, 6) is 0. The Bertz CT molecular complexity index is 421. The normalized spacial score (nSPS) is 26.3. The molecule has 1 aliphatic rings. The fourth-order valence-corrected chi connectivity index (χ4v) is 2.72. The van der Waals surface area contributed by atoms with Gasteiger partial charge >= 0.3 is 6.09 Å². The summed E-state index contributed by atoms with van der Waals surface area (Å²) in [5.41, 5.74) is -0.936. The first kappa shape index (κ1) is 16.1. The SMILES string of the molecule is CC(C)(C)S(=O)N=C[C@@]1(C(C)(C)C)CCN1C(=O)O. The van der Waals surface area contributed by atoms with Gasteiger partial charge < -0.3 is 5.11 Å². The van der Waals surface area contributed by atoms with Gasteiger partial charge in [-0.25, -0.2) is 9.00 Å². The fourth-order valence-electron chi connectivity index (χ4n) is 2.13. The fraction of sp³-hybridized carbons (Fsp3) is 0.846. The molecule has 0 aromatic carbocycles. The van der Waals surface area contributed by atoms with Crippen molar-refractivity contribution < 1.29 is 14.1 Å². The van der Waals surface area contributed by atoms with Crippen molar-refractivity contribution >= 4 is 23.3 Å². The number of amides is 1. The lowest BCUT2D eigenvalue weighted by Crippen LogP contribution is -2.69. The van der Waals surface area contributed by atoms with Gasteiger partial charge in [0.2, 0.25) is 0 Å². The molecule has 0 radical (unpaired) electrons. The van der Waals surface area contributed by atoms with Crippen LogP contribution in [0.2, 0.25) is 0 Å². The molecule has 1 heterocycles. The van der Waals surface area contributed by atoms with Crippen LogP contribution in [0, 0.1) is 5.41 Å². The zero-order chi connectivity index (χ0) is 15.1. The Hall–Kier alpha value is -0.910. The lowest BCUT2D eigenvalue weighted by molar-refractivity contribution is -0.0184. The second kappa shape index (κ2) is 4.89. The van der Waals surface area contributed by atoms with E-state index in [-0.39, 0.29) is 5.41 Å². The molecule has 1 N–H and O–H groups in total. The molecule has 110 valence electrons. The third-order valence-electron chi connectivity index (χ3n) is 3.61. The summed E-state index contributed by atoms with van der Waals surface area (Å²) in [5, 5.41) is 9.25. The molecule has 0 aromatic heterocycles. The van der Waals surface area contributed by atoms with Gasteiger partial charge in [0.25, 0.3) is 0 Å². The Balaban J connectivity index is 3.06. The van der Waals surface area contributed by atoms with Crippen molar-refractivity contribution in [3.05, 3.63) is 0 Å². The van der Waals surface area contributed by atoms with Crippen molar-refractivity contribution in [3.63, 3.8) is 0 Å². The van der Waals surface area contributed by atoms with Gasteiger partial charge in [-0.2, -0.15) is 4.40 Å². The minimum absolute atomic E-state index is 0.283. The van der Waals surface area contributed by atoms with Crippen molar-refractivity contribution in [1.29, 1.82) is 0 Å². The van der Waals surface area contributed by atoms with E-state index in [1.54, 1.807) is 6.21 Å². The number of carboxylic acid groups (broad SMARTS) is 1. The van der Waals surface area contributed by atoms with Crippen LogP contribution in [0.1, 0.15) is 48.0 Å². The van der Waals surface area contributed by atoms with Crippen LogP contribution >= 0.6 is 0 Å². The van der Waals surface area contributed by atoms with E-state index < -0.39 is 27.4 Å². The van der Waals surface area contributed by atoms with Crippen LogP contribution in [0.25, 0.3) is 0 Å². The Kier molecular flexibility index (Phi) is 4.15. The van der Waals surface area contributed by atoms with Gasteiger partial charge in [0.1, 0.15) is 11.0 Å². The number of likely N-dealkylation sites (tertiary alicyclic amines) is 1. The van der Waals surface area contributed by atoms with Gasteiger partial charge in [0.15, 0.2) is 0 Å². The molecule has 1 unspecified atom stereocenters. The van der Waals surface area contributed by atoms with Crippen molar-refractivity contribution in [1.82, 2.24) is 4.90 Å². The third-order valence-corrected chi connectivity index (χ3v) is 4.96. The molecular weight excluding hydrogens is 264 g/mol. The van der Waals surface area contributed by atoms with Crippen LogP contribution in [0.15, 0.2) is 4.40 Å². The standard InChI is InChI=1S/C13H24N2O3S/c1-11(2,3)13(7-8-15(13)10(16)17)9-14-19(18)12(4,5)6/h9H,7-8H2,1-6H3,(H,16,17)/t13-,19?/m1/s1. The van der Waals surface area contributed by atoms with Crippen molar-refractivity contribution in [3.8, 4) is 0 Å². The van der Waals surface area contributed by atoms with E-state index in [0.29, 0.717) is 13.0 Å². The predicted molar refractivity (Wildman–Crippen MR) is 77.9 cm³/mol. The predicted octanol–water partition coefficient (Wildman–Crippen LogP) is 2.69. The summed E-state index contributed by atoms with van der Waals surface area (Å²) in [6.07, 6.45) is 1.36. The molecule has 0 aliphatic carbocycles. The highest BCUT2D eigenvalue weighted by Crippen LogP contribution is 2.44. The van der Waals surface area contributed by atoms with E-state index in [1.165, 1.54) is 4.90 Å². The van der Waals surface area contributed by atoms with Gasteiger partial charge in [-0.05, 0) is 32.6 Å². The molecule has 1 aliphatic heterocycles. The first-order chi connectivity index (χ1) is 8.42. The average Bonchev–Trinajstić information content (AvgIpc) is 2.11. The summed E-state index contributed by atoms with van der Waals surface area (Å²) < 4.78 is 15.7. The summed E-state index contributed by atoms with van der Waals surface area (Å²) in [4.78, 5) is 12.7. The van der Waals surface area contributed by atoms with Gasteiger partial charge in [-0.1, -0.05) is 20.8 Å². The molecule has 0 bridgehead atoms. The summed E-state index contributed by atoms with van der Waals surface area (Å²) >= 11 is 0. The van der Waals surface area contributed by atoms with E-state index in [4.69, 9.17) is 0 Å². The van der Waals surface area contributed by atoms with Gasteiger partial charge in [0, 0.05) is 12.8 Å². The van der Waals surface area contributed by atoms with Gasteiger partial charge in [0.05, 0.1) is 10.3 Å². The highest BCUT2D eigenvalue weighted by molar-refractivity contribution is 7.85. The number of hydrogen-bond acceptors (Lipinski definition) is 2. The van der Waals surface area contributed by atoms with Crippen molar-refractivity contribution in [2.75, 3.05) is 6.54 Å². The van der Waals surface area contributed by atoms with Crippen molar-refractivity contribution in [2.45, 2.75) is 58.2 Å². The van der Waals surface area contributed by atoms with Crippen LogP contribution in [-0.4, -0.2) is 43.4 Å². The van der Waals surface area contributed by atoms with E-state index in [1.807, 2.05) is 41.5 Å². The number of rotatable bonds is 2. The Morgan fingerprint density at radius 2 is 1.84 bits per heavy atom.